The predicted molar refractivity (Wildman–Crippen MR) is 120 cm³/mol. The van der Waals surface area contributed by atoms with E-state index in [0.717, 1.165) is 23.4 Å². The minimum atomic E-state index is -0.123. The van der Waals surface area contributed by atoms with Crippen molar-refractivity contribution in [3.63, 3.8) is 0 Å². The van der Waals surface area contributed by atoms with Crippen LogP contribution >= 0.6 is 11.8 Å². The maximum Gasteiger partial charge on any atom is 0.241 e. The molecular formula is C22H36N2O3S. The summed E-state index contributed by atoms with van der Waals surface area (Å²) >= 11 is 1.79. The Bertz CT molecular complexity index is 673. The molecule has 0 spiro atoms. The number of carbonyl (C=O) groups excluding carboxylic acids is 2. The van der Waals surface area contributed by atoms with Crippen molar-refractivity contribution in [2.24, 2.45) is 5.10 Å². The number of hydrazone groups is 1. The van der Waals surface area contributed by atoms with Crippen LogP contribution in [0.15, 0.2) is 29.4 Å². The number of hydrogen-bond donors (Lipinski definition) is 1. The SMILES string of the molecule is CCC(=O)CCCOc1ccc(/C(C)=N/NC(=O)CC(C)(C)SC(C)C)cc1.[HH]. The lowest BCUT2D eigenvalue weighted by atomic mass is 10.1. The van der Waals surface area contributed by atoms with Crippen LogP contribution in [-0.4, -0.2) is 34.0 Å². The monoisotopic (exact) mass is 408 g/mol. The number of ketones is 1. The standard InChI is InChI=1S/C22H34N2O3S.H2/c1-7-19(25)9-8-14-27-20-12-10-18(11-13-20)17(4)23-24-21(26)15-22(5,6)28-16(2)3;/h10-13,16H,7-9,14-15H2,1-6H3,(H,24,26);1H/b23-17+;. The van der Waals surface area contributed by atoms with Gasteiger partial charge in [0.15, 0.2) is 0 Å². The highest BCUT2D eigenvalue weighted by Crippen LogP contribution is 2.31. The molecule has 0 aliphatic carbocycles. The molecule has 0 saturated heterocycles. The second-order valence-corrected chi connectivity index (χ2v) is 9.99. The zero-order chi connectivity index (χ0) is 21.2. The molecule has 1 aromatic carbocycles. The van der Waals surface area contributed by atoms with Gasteiger partial charge in [-0.2, -0.15) is 16.9 Å². The fourth-order valence-electron chi connectivity index (χ4n) is 2.75. The van der Waals surface area contributed by atoms with Crippen molar-refractivity contribution < 1.29 is 15.8 Å². The summed E-state index contributed by atoms with van der Waals surface area (Å²) in [5.74, 6) is 0.940. The second-order valence-electron chi connectivity index (χ2n) is 7.70. The molecule has 0 fully saturated rings. The summed E-state index contributed by atoms with van der Waals surface area (Å²) < 4.78 is 5.53. The van der Waals surface area contributed by atoms with Crippen LogP contribution in [0, 0.1) is 0 Å². The van der Waals surface area contributed by atoms with Gasteiger partial charge in [-0.3, -0.25) is 9.59 Å². The lowest BCUT2D eigenvalue weighted by molar-refractivity contribution is -0.121. The molecule has 158 valence electrons. The molecule has 0 aliphatic heterocycles. The van der Waals surface area contributed by atoms with Crippen molar-refractivity contribution in [2.45, 2.75) is 77.2 Å². The van der Waals surface area contributed by atoms with E-state index in [0.29, 0.717) is 31.1 Å². The molecule has 5 nitrogen and oxygen atoms in total. The summed E-state index contributed by atoms with van der Waals surface area (Å²) in [4.78, 5) is 23.4. The molecule has 0 radical (unpaired) electrons. The van der Waals surface area contributed by atoms with E-state index in [1.165, 1.54) is 0 Å². The number of ether oxygens (including phenoxy) is 1. The van der Waals surface area contributed by atoms with Crippen molar-refractivity contribution in [2.75, 3.05) is 6.61 Å². The Morgan fingerprint density at radius 1 is 1.25 bits per heavy atom. The van der Waals surface area contributed by atoms with E-state index < -0.39 is 0 Å². The third-order valence-electron chi connectivity index (χ3n) is 4.02. The highest BCUT2D eigenvalue weighted by atomic mass is 32.2. The van der Waals surface area contributed by atoms with Crippen molar-refractivity contribution in [1.82, 2.24) is 5.43 Å². The normalized spacial score (nSPS) is 12.2. The van der Waals surface area contributed by atoms with Gasteiger partial charge in [0.2, 0.25) is 5.91 Å². The van der Waals surface area contributed by atoms with Crippen LogP contribution in [0.3, 0.4) is 0 Å². The minimum Gasteiger partial charge on any atom is -0.494 e. The number of benzene rings is 1. The molecule has 1 N–H and O–H groups in total. The molecule has 0 saturated carbocycles. The van der Waals surface area contributed by atoms with Crippen LogP contribution in [0.5, 0.6) is 5.75 Å². The summed E-state index contributed by atoms with van der Waals surface area (Å²) in [5.41, 5.74) is 4.31. The molecule has 0 unspecified atom stereocenters. The highest BCUT2D eigenvalue weighted by molar-refractivity contribution is 8.01. The molecule has 6 heteroatoms. The van der Waals surface area contributed by atoms with E-state index in [9.17, 15) is 9.59 Å². The van der Waals surface area contributed by atoms with Crippen LogP contribution in [0.2, 0.25) is 0 Å². The fourth-order valence-corrected chi connectivity index (χ4v) is 4.24. The highest BCUT2D eigenvalue weighted by Gasteiger charge is 2.23. The summed E-state index contributed by atoms with van der Waals surface area (Å²) in [6.45, 7) is 12.7. The summed E-state index contributed by atoms with van der Waals surface area (Å²) in [6.07, 6.45) is 2.29. The number of Topliss-reactive ketones (excluding diaryl/α,β-unsaturated/α-hetero) is 1. The first-order valence-electron chi connectivity index (χ1n) is 9.89. The van der Waals surface area contributed by atoms with E-state index in [1.54, 1.807) is 11.8 Å². The van der Waals surface area contributed by atoms with Crippen molar-refractivity contribution >= 4 is 29.2 Å². The first-order chi connectivity index (χ1) is 13.1. The summed E-state index contributed by atoms with van der Waals surface area (Å²) in [6, 6.07) is 7.58. The predicted octanol–water partition coefficient (Wildman–Crippen LogP) is 5.22. The van der Waals surface area contributed by atoms with Gasteiger partial charge in [-0.05, 0) is 48.4 Å². The van der Waals surface area contributed by atoms with E-state index >= 15 is 0 Å². The largest absolute Gasteiger partial charge is 0.494 e. The van der Waals surface area contributed by atoms with Gasteiger partial charge in [0.25, 0.3) is 0 Å². The third kappa shape index (κ3) is 9.93. The third-order valence-corrected chi connectivity index (χ3v) is 5.28. The Balaban J connectivity index is 0.00000784. The average molecular weight is 409 g/mol. The minimum absolute atomic E-state index is 0. The number of nitrogens with zero attached hydrogens (tertiary/aromatic N) is 1. The molecule has 0 heterocycles. The Morgan fingerprint density at radius 2 is 1.89 bits per heavy atom. The Hall–Kier alpha value is -1.82. The van der Waals surface area contributed by atoms with Gasteiger partial charge in [0.1, 0.15) is 11.5 Å². The Labute approximate surface area is 175 Å². The van der Waals surface area contributed by atoms with Crippen LogP contribution in [0.25, 0.3) is 0 Å². The summed E-state index contributed by atoms with van der Waals surface area (Å²) in [7, 11) is 0. The van der Waals surface area contributed by atoms with Crippen molar-refractivity contribution in [1.29, 1.82) is 0 Å². The molecule has 0 bridgehead atoms. The van der Waals surface area contributed by atoms with Crippen molar-refractivity contribution in [3.8, 4) is 5.75 Å². The Kier molecular flexibility index (Phi) is 10.3. The van der Waals surface area contributed by atoms with Crippen LogP contribution < -0.4 is 10.2 Å². The van der Waals surface area contributed by atoms with Crippen LogP contribution in [-0.2, 0) is 9.59 Å². The van der Waals surface area contributed by atoms with Gasteiger partial charge in [-0.15, -0.1) is 0 Å². The first-order valence-corrected chi connectivity index (χ1v) is 10.8. The molecular weight excluding hydrogens is 372 g/mol. The topological polar surface area (TPSA) is 67.8 Å². The zero-order valence-electron chi connectivity index (χ0n) is 18.0. The molecule has 0 aromatic heterocycles. The lowest BCUT2D eigenvalue weighted by Gasteiger charge is -2.25. The smallest absolute Gasteiger partial charge is 0.241 e. The number of rotatable bonds is 12. The van der Waals surface area contributed by atoms with Gasteiger partial charge < -0.3 is 4.74 Å². The molecule has 0 aliphatic rings. The van der Waals surface area contributed by atoms with E-state index in [-0.39, 0.29) is 17.9 Å². The van der Waals surface area contributed by atoms with Crippen LogP contribution in [0.1, 0.15) is 74.2 Å². The van der Waals surface area contributed by atoms with Gasteiger partial charge in [0, 0.05) is 25.4 Å². The maximum absolute atomic E-state index is 12.2. The Morgan fingerprint density at radius 3 is 2.46 bits per heavy atom. The molecule has 1 aromatic rings. The van der Waals surface area contributed by atoms with Gasteiger partial charge in [-0.1, -0.05) is 34.6 Å². The molecule has 28 heavy (non-hydrogen) atoms. The number of hydrogen-bond acceptors (Lipinski definition) is 5. The van der Waals surface area contributed by atoms with E-state index in [1.807, 2.05) is 38.1 Å². The molecule has 1 amide bonds. The lowest BCUT2D eigenvalue weighted by Crippen LogP contribution is -2.29. The molecule has 1 rings (SSSR count). The zero-order valence-corrected chi connectivity index (χ0v) is 18.8. The fraction of sp³-hybridized carbons (Fsp3) is 0.591. The van der Waals surface area contributed by atoms with E-state index in [2.05, 4.69) is 38.2 Å². The van der Waals surface area contributed by atoms with E-state index in [4.69, 9.17) is 4.74 Å². The van der Waals surface area contributed by atoms with Gasteiger partial charge in [-0.25, -0.2) is 5.43 Å². The molecule has 0 atom stereocenters. The van der Waals surface area contributed by atoms with Crippen LogP contribution in [0.4, 0.5) is 0 Å². The maximum atomic E-state index is 12.2. The first kappa shape index (κ1) is 24.2. The number of thioether (sulfide) groups is 1. The van der Waals surface area contributed by atoms with Crippen molar-refractivity contribution in [3.05, 3.63) is 29.8 Å². The summed E-state index contributed by atoms with van der Waals surface area (Å²) in [5, 5.41) is 4.69. The average Bonchev–Trinajstić information content (AvgIpc) is 2.62. The number of nitrogens with one attached hydrogen (secondary N) is 1. The van der Waals surface area contributed by atoms with Gasteiger partial charge in [0.05, 0.1) is 12.3 Å². The second kappa shape index (κ2) is 11.9. The van der Waals surface area contributed by atoms with Gasteiger partial charge >= 0.3 is 0 Å². The number of amides is 1. The number of carbonyl (C=O) groups is 2. The quantitative estimate of drug-likeness (QED) is 0.292.